The van der Waals surface area contributed by atoms with Gasteiger partial charge in [0.2, 0.25) is 15.9 Å². The molecule has 8 heteroatoms. The Balaban J connectivity index is 1.37. The van der Waals surface area contributed by atoms with Crippen molar-refractivity contribution in [3.8, 4) is 0 Å². The molecule has 2 aromatic carbocycles. The maximum Gasteiger partial charge on any atom is 0.253 e. The molecule has 2 aliphatic heterocycles. The van der Waals surface area contributed by atoms with Gasteiger partial charge in [0.1, 0.15) is 0 Å². The van der Waals surface area contributed by atoms with Crippen LogP contribution in [-0.4, -0.2) is 55.6 Å². The van der Waals surface area contributed by atoms with Crippen molar-refractivity contribution in [1.29, 1.82) is 0 Å². The second kappa shape index (κ2) is 9.83. The first kappa shape index (κ1) is 22.5. The number of carbonyl (C=O) groups excluding carboxylic acids is 2. The van der Waals surface area contributed by atoms with Crippen molar-refractivity contribution in [2.45, 2.75) is 37.0 Å². The summed E-state index contributed by atoms with van der Waals surface area (Å²) in [4.78, 5) is 27.6. The monoisotopic (exact) mass is 455 g/mol. The molecule has 0 radical (unpaired) electrons. The molecule has 4 rings (SSSR count). The molecule has 0 unspecified atom stereocenters. The molecule has 1 N–H and O–H groups in total. The number of benzene rings is 2. The average Bonchev–Trinajstić information content (AvgIpc) is 2.85. The van der Waals surface area contributed by atoms with Gasteiger partial charge in [0.15, 0.2) is 0 Å². The third kappa shape index (κ3) is 5.02. The minimum atomic E-state index is -3.62. The van der Waals surface area contributed by atoms with Gasteiger partial charge in [-0.15, -0.1) is 0 Å². The Hall–Kier alpha value is -2.71. The summed E-state index contributed by atoms with van der Waals surface area (Å²) in [5.41, 5.74) is 1.22. The molecule has 2 fully saturated rings. The van der Waals surface area contributed by atoms with Crippen molar-refractivity contribution in [2.24, 2.45) is 5.92 Å². The highest BCUT2D eigenvalue weighted by Gasteiger charge is 2.33. The molecular weight excluding hydrogens is 426 g/mol. The van der Waals surface area contributed by atoms with Gasteiger partial charge in [-0.05, 0) is 68.5 Å². The Morgan fingerprint density at radius 3 is 2.22 bits per heavy atom. The van der Waals surface area contributed by atoms with Gasteiger partial charge in [-0.25, -0.2) is 8.42 Å². The number of hydrogen-bond acceptors (Lipinski definition) is 4. The minimum Gasteiger partial charge on any atom is -0.339 e. The third-order valence-corrected chi connectivity index (χ3v) is 8.06. The Morgan fingerprint density at radius 1 is 0.844 bits per heavy atom. The second-order valence-electron chi connectivity index (χ2n) is 8.43. The molecule has 2 aromatic rings. The fraction of sp³-hybridized carbons (Fsp3) is 0.417. The number of carbonyl (C=O) groups is 2. The largest absolute Gasteiger partial charge is 0.339 e. The Bertz CT molecular complexity index is 1050. The lowest BCUT2D eigenvalue weighted by Gasteiger charge is -2.31. The summed E-state index contributed by atoms with van der Waals surface area (Å²) < 4.78 is 27.2. The normalized spacial score (nSPS) is 20.0. The SMILES string of the molecule is O=C(Nc1ccc(C(=O)N2CCCCC2)cc1)[C@H]1CCCN(S(=O)(=O)c2ccccc2)C1. The van der Waals surface area contributed by atoms with Crippen molar-refractivity contribution in [1.82, 2.24) is 9.21 Å². The molecule has 0 aliphatic carbocycles. The molecule has 0 saturated carbocycles. The lowest BCUT2D eigenvalue weighted by Crippen LogP contribution is -2.43. The molecule has 2 heterocycles. The van der Waals surface area contributed by atoms with Crippen molar-refractivity contribution in [3.05, 3.63) is 60.2 Å². The summed E-state index contributed by atoms with van der Waals surface area (Å²) in [7, 11) is -3.62. The van der Waals surface area contributed by atoms with Crippen LogP contribution in [0.4, 0.5) is 5.69 Å². The van der Waals surface area contributed by atoms with Gasteiger partial charge in [-0.2, -0.15) is 4.31 Å². The van der Waals surface area contributed by atoms with Crippen LogP contribution in [0.5, 0.6) is 0 Å². The van der Waals surface area contributed by atoms with E-state index in [-0.39, 0.29) is 23.3 Å². The van der Waals surface area contributed by atoms with Crippen LogP contribution in [0.1, 0.15) is 42.5 Å². The highest BCUT2D eigenvalue weighted by atomic mass is 32.2. The minimum absolute atomic E-state index is 0.0246. The third-order valence-electron chi connectivity index (χ3n) is 6.18. The maximum atomic E-state index is 12.9. The van der Waals surface area contributed by atoms with Crippen LogP contribution in [0.2, 0.25) is 0 Å². The molecule has 7 nitrogen and oxygen atoms in total. The van der Waals surface area contributed by atoms with Gasteiger partial charge >= 0.3 is 0 Å². The Labute approximate surface area is 189 Å². The molecule has 2 saturated heterocycles. The van der Waals surface area contributed by atoms with E-state index in [1.165, 1.54) is 10.7 Å². The summed E-state index contributed by atoms with van der Waals surface area (Å²) in [6.07, 6.45) is 4.52. The summed E-state index contributed by atoms with van der Waals surface area (Å²) >= 11 is 0. The summed E-state index contributed by atoms with van der Waals surface area (Å²) in [6.45, 7) is 2.16. The van der Waals surface area contributed by atoms with Crippen molar-refractivity contribution in [3.63, 3.8) is 0 Å². The first-order valence-electron chi connectivity index (χ1n) is 11.2. The Kier molecular flexibility index (Phi) is 6.91. The van der Waals surface area contributed by atoms with Gasteiger partial charge in [-0.3, -0.25) is 9.59 Å². The topological polar surface area (TPSA) is 86.8 Å². The second-order valence-corrected chi connectivity index (χ2v) is 10.4. The van der Waals surface area contributed by atoms with E-state index in [0.717, 1.165) is 25.9 Å². The van der Waals surface area contributed by atoms with Crippen LogP contribution in [0.25, 0.3) is 0 Å². The number of piperidine rings is 2. The fourth-order valence-corrected chi connectivity index (χ4v) is 5.88. The molecular formula is C24H29N3O4S. The van der Waals surface area contributed by atoms with Gasteiger partial charge in [-0.1, -0.05) is 18.2 Å². The van der Waals surface area contributed by atoms with E-state index < -0.39 is 15.9 Å². The van der Waals surface area contributed by atoms with Crippen molar-refractivity contribution < 1.29 is 18.0 Å². The zero-order valence-electron chi connectivity index (χ0n) is 18.1. The van der Waals surface area contributed by atoms with E-state index in [4.69, 9.17) is 0 Å². The number of nitrogens with zero attached hydrogens (tertiary/aromatic N) is 2. The molecule has 32 heavy (non-hydrogen) atoms. The molecule has 0 bridgehead atoms. The maximum absolute atomic E-state index is 12.9. The molecule has 170 valence electrons. The van der Waals surface area contributed by atoms with Gasteiger partial charge < -0.3 is 10.2 Å². The summed E-state index contributed by atoms with van der Waals surface area (Å²) in [5, 5.41) is 2.88. The van der Waals surface area contributed by atoms with E-state index in [1.807, 2.05) is 4.90 Å². The number of sulfonamides is 1. The first-order chi connectivity index (χ1) is 15.4. The lowest BCUT2D eigenvalue weighted by molar-refractivity contribution is -0.120. The molecule has 0 aromatic heterocycles. The number of amides is 2. The van der Waals surface area contributed by atoms with Gasteiger partial charge in [0.25, 0.3) is 5.91 Å². The molecule has 1 atom stereocenters. The molecule has 2 amide bonds. The van der Waals surface area contributed by atoms with E-state index >= 15 is 0 Å². The van der Waals surface area contributed by atoms with Crippen LogP contribution in [0.3, 0.4) is 0 Å². The summed E-state index contributed by atoms with van der Waals surface area (Å²) in [6, 6.07) is 15.3. The molecule has 2 aliphatic rings. The summed E-state index contributed by atoms with van der Waals surface area (Å²) in [5.74, 6) is -0.596. The Morgan fingerprint density at radius 2 is 1.53 bits per heavy atom. The van der Waals surface area contributed by atoms with Crippen LogP contribution < -0.4 is 5.32 Å². The standard InChI is InChI=1S/C24H29N3O4S/c28-23(20-8-7-17-27(18-20)32(30,31)22-9-3-1-4-10-22)25-21-13-11-19(12-14-21)24(29)26-15-5-2-6-16-26/h1,3-4,9-14,20H,2,5-8,15-18H2,(H,25,28)/t20-/m0/s1. The number of hydrogen-bond donors (Lipinski definition) is 1. The number of rotatable bonds is 5. The van der Waals surface area contributed by atoms with Crippen LogP contribution in [0.15, 0.2) is 59.5 Å². The fourth-order valence-electron chi connectivity index (χ4n) is 4.34. The quantitative estimate of drug-likeness (QED) is 0.749. The lowest BCUT2D eigenvalue weighted by atomic mass is 9.98. The highest BCUT2D eigenvalue weighted by molar-refractivity contribution is 7.89. The molecule has 0 spiro atoms. The zero-order chi connectivity index (χ0) is 22.6. The van der Waals surface area contributed by atoms with Crippen LogP contribution in [0, 0.1) is 5.92 Å². The van der Waals surface area contributed by atoms with Gasteiger partial charge in [0, 0.05) is 37.4 Å². The first-order valence-corrected chi connectivity index (χ1v) is 12.6. The number of likely N-dealkylation sites (tertiary alicyclic amines) is 1. The van der Waals surface area contributed by atoms with E-state index in [9.17, 15) is 18.0 Å². The van der Waals surface area contributed by atoms with Crippen LogP contribution >= 0.6 is 0 Å². The van der Waals surface area contributed by atoms with Crippen molar-refractivity contribution in [2.75, 3.05) is 31.5 Å². The van der Waals surface area contributed by atoms with E-state index in [1.54, 1.807) is 54.6 Å². The van der Waals surface area contributed by atoms with Crippen LogP contribution in [-0.2, 0) is 14.8 Å². The number of nitrogens with one attached hydrogen (secondary N) is 1. The van der Waals surface area contributed by atoms with E-state index in [2.05, 4.69) is 5.32 Å². The van der Waals surface area contributed by atoms with E-state index in [0.29, 0.717) is 30.6 Å². The van der Waals surface area contributed by atoms with Crippen molar-refractivity contribution >= 4 is 27.5 Å². The zero-order valence-corrected chi connectivity index (χ0v) is 18.9. The van der Waals surface area contributed by atoms with Gasteiger partial charge in [0.05, 0.1) is 10.8 Å². The average molecular weight is 456 g/mol. The number of anilines is 1. The predicted molar refractivity (Wildman–Crippen MR) is 123 cm³/mol. The highest BCUT2D eigenvalue weighted by Crippen LogP contribution is 2.25. The smallest absolute Gasteiger partial charge is 0.253 e. The predicted octanol–water partition coefficient (Wildman–Crippen LogP) is 3.35.